The third-order valence-electron chi connectivity index (χ3n) is 0.749. The van der Waals surface area contributed by atoms with E-state index in [1.54, 1.807) is 12.5 Å². The molecule has 0 aromatic rings. The molecule has 2 nitrogen and oxygen atoms in total. The van der Waals surface area contributed by atoms with Gasteiger partial charge in [-0.05, 0) is 0 Å². The van der Waals surface area contributed by atoms with Gasteiger partial charge in [0.05, 0.1) is 0 Å². The van der Waals surface area contributed by atoms with Gasteiger partial charge in [-0.2, -0.15) is 0 Å². The maximum Gasteiger partial charge on any atom is 0.106 e. The normalized spacial score (nSPS) is 17.0. The third-order valence-corrected chi connectivity index (χ3v) is 0.749. The van der Waals surface area contributed by atoms with Crippen LogP contribution in [0.15, 0.2) is 24.9 Å². The Bertz CT molecular complexity index is 94.6. The van der Waals surface area contributed by atoms with Gasteiger partial charge < -0.3 is 9.64 Å². The largest absolute Gasteiger partial charge is 0.470 e. The van der Waals surface area contributed by atoms with E-state index in [0.29, 0.717) is 0 Å². The highest BCUT2D eigenvalue weighted by Crippen LogP contribution is 1.93. The highest BCUT2D eigenvalue weighted by Gasteiger charge is 1.84. The molecule has 0 saturated carbocycles. The summed E-state index contributed by atoms with van der Waals surface area (Å²) >= 11 is 0. The first-order valence-electron chi connectivity index (χ1n) is 2.10. The molecule has 0 aliphatic carbocycles. The van der Waals surface area contributed by atoms with Crippen molar-refractivity contribution in [2.75, 3.05) is 7.05 Å². The molecule has 0 fully saturated rings. The van der Waals surface area contributed by atoms with Crippen molar-refractivity contribution < 1.29 is 4.74 Å². The SMILES string of the molecule is CN1C=COC=C1. The van der Waals surface area contributed by atoms with Gasteiger partial charge in [-0.25, -0.2) is 0 Å². The number of hydrogen-bond donors (Lipinski definition) is 0. The lowest BCUT2D eigenvalue weighted by Crippen LogP contribution is -2.02. The highest BCUT2D eigenvalue weighted by atomic mass is 16.5. The van der Waals surface area contributed by atoms with Gasteiger partial charge in [-0.15, -0.1) is 0 Å². The van der Waals surface area contributed by atoms with Crippen LogP contribution < -0.4 is 0 Å². The fraction of sp³-hybridized carbons (Fsp3) is 0.200. The maximum atomic E-state index is 4.74. The average Bonchev–Trinajstić information content (AvgIpc) is 1.69. The minimum atomic E-state index is 1.62. The Labute approximate surface area is 42.7 Å². The molecule has 0 radical (unpaired) electrons. The summed E-state index contributed by atoms with van der Waals surface area (Å²) in [6.07, 6.45) is 6.92. The first-order valence-corrected chi connectivity index (χ1v) is 2.10. The quantitative estimate of drug-likeness (QED) is 0.445. The van der Waals surface area contributed by atoms with Gasteiger partial charge in [0, 0.05) is 19.4 Å². The highest BCUT2D eigenvalue weighted by molar-refractivity contribution is 4.89. The summed E-state index contributed by atoms with van der Waals surface area (Å²) in [5, 5.41) is 0. The Morgan fingerprint density at radius 3 is 2.14 bits per heavy atom. The molecule has 38 valence electrons. The summed E-state index contributed by atoms with van der Waals surface area (Å²) < 4.78 is 4.74. The molecule has 0 N–H and O–H groups in total. The predicted molar refractivity (Wildman–Crippen MR) is 27.1 cm³/mol. The van der Waals surface area contributed by atoms with Crippen molar-refractivity contribution in [2.24, 2.45) is 0 Å². The molecule has 1 aliphatic rings. The van der Waals surface area contributed by atoms with Crippen LogP contribution in [-0.4, -0.2) is 11.9 Å². The van der Waals surface area contributed by atoms with Crippen molar-refractivity contribution in [1.29, 1.82) is 0 Å². The van der Waals surface area contributed by atoms with Crippen molar-refractivity contribution >= 4 is 0 Å². The Morgan fingerprint density at radius 1 is 1.29 bits per heavy atom. The zero-order valence-electron chi connectivity index (χ0n) is 4.16. The summed E-state index contributed by atoms with van der Waals surface area (Å²) in [6, 6.07) is 0. The molecule has 0 spiro atoms. The Kier molecular flexibility index (Phi) is 1.02. The third kappa shape index (κ3) is 0.961. The van der Waals surface area contributed by atoms with Crippen molar-refractivity contribution in [3.8, 4) is 0 Å². The van der Waals surface area contributed by atoms with E-state index in [-0.39, 0.29) is 0 Å². The van der Waals surface area contributed by atoms with Gasteiger partial charge in [-0.3, -0.25) is 0 Å². The smallest absolute Gasteiger partial charge is 0.106 e. The molecule has 0 unspecified atom stereocenters. The molecule has 1 rings (SSSR count). The maximum absolute atomic E-state index is 4.74. The molecule has 0 aromatic carbocycles. The molecule has 1 heterocycles. The molecule has 7 heavy (non-hydrogen) atoms. The minimum Gasteiger partial charge on any atom is -0.470 e. The molecule has 2 heteroatoms. The fourth-order valence-corrected chi connectivity index (χ4v) is 0.357. The number of ether oxygens (including phenoxy) is 1. The van der Waals surface area contributed by atoms with Gasteiger partial charge in [0.2, 0.25) is 0 Å². The van der Waals surface area contributed by atoms with Crippen LogP contribution in [0.1, 0.15) is 0 Å². The molecule has 0 saturated heterocycles. The van der Waals surface area contributed by atoms with E-state index in [9.17, 15) is 0 Å². The van der Waals surface area contributed by atoms with Crippen LogP contribution in [0.25, 0.3) is 0 Å². The second kappa shape index (κ2) is 1.69. The van der Waals surface area contributed by atoms with Crippen molar-refractivity contribution in [2.45, 2.75) is 0 Å². The Hall–Kier alpha value is -0.920. The summed E-state index contributed by atoms with van der Waals surface area (Å²) in [5.41, 5.74) is 0. The van der Waals surface area contributed by atoms with Crippen LogP contribution in [0.2, 0.25) is 0 Å². The summed E-state index contributed by atoms with van der Waals surface area (Å²) in [4.78, 5) is 1.91. The summed E-state index contributed by atoms with van der Waals surface area (Å²) in [6.45, 7) is 0. The first kappa shape index (κ1) is 4.24. The Balaban J connectivity index is 2.49. The monoisotopic (exact) mass is 97.1 g/mol. The van der Waals surface area contributed by atoms with Gasteiger partial charge in [0.1, 0.15) is 12.5 Å². The lowest BCUT2D eigenvalue weighted by atomic mass is 10.7. The molecule has 0 bridgehead atoms. The molecule has 1 aliphatic heterocycles. The van der Waals surface area contributed by atoms with Crippen LogP contribution >= 0.6 is 0 Å². The van der Waals surface area contributed by atoms with Crippen LogP contribution in [0.4, 0.5) is 0 Å². The van der Waals surface area contributed by atoms with Crippen LogP contribution in [-0.2, 0) is 4.74 Å². The molecular weight excluding hydrogens is 90.1 g/mol. The van der Waals surface area contributed by atoms with Crippen molar-refractivity contribution in [3.63, 3.8) is 0 Å². The number of nitrogens with zero attached hydrogens (tertiary/aromatic N) is 1. The van der Waals surface area contributed by atoms with E-state index in [0.717, 1.165) is 0 Å². The molecule has 0 atom stereocenters. The fourth-order valence-electron chi connectivity index (χ4n) is 0.357. The van der Waals surface area contributed by atoms with Gasteiger partial charge in [-0.1, -0.05) is 0 Å². The van der Waals surface area contributed by atoms with Crippen LogP contribution in [0, 0.1) is 0 Å². The zero-order chi connectivity index (χ0) is 5.11. The van der Waals surface area contributed by atoms with E-state index in [2.05, 4.69) is 0 Å². The van der Waals surface area contributed by atoms with E-state index in [1.807, 2.05) is 24.3 Å². The predicted octanol–water partition coefficient (Wildman–Crippen LogP) is 0.891. The van der Waals surface area contributed by atoms with Gasteiger partial charge in [0.25, 0.3) is 0 Å². The van der Waals surface area contributed by atoms with Crippen LogP contribution in [0.5, 0.6) is 0 Å². The van der Waals surface area contributed by atoms with Crippen molar-refractivity contribution in [3.05, 3.63) is 24.9 Å². The zero-order valence-corrected chi connectivity index (χ0v) is 4.16. The number of hydrogen-bond acceptors (Lipinski definition) is 2. The lowest BCUT2D eigenvalue weighted by molar-refractivity contribution is 0.361. The second-order valence-corrected chi connectivity index (χ2v) is 1.37. The lowest BCUT2D eigenvalue weighted by Gasteiger charge is -2.08. The van der Waals surface area contributed by atoms with Crippen molar-refractivity contribution in [1.82, 2.24) is 4.90 Å². The topological polar surface area (TPSA) is 12.5 Å². The minimum absolute atomic E-state index is 1.62. The van der Waals surface area contributed by atoms with E-state index < -0.39 is 0 Å². The van der Waals surface area contributed by atoms with E-state index in [4.69, 9.17) is 4.74 Å². The molecule has 0 aromatic heterocycles. The second-order valence-electron chi connectivity index (χ2n) is 1.37. The summed E-state index contributed by atoms with van der Waals surface area (Å²) in [7, 11) is 1.94. The van der Waals surface area contributed by atoms with Crippen LogP contribution in [0.3, 0.4) is 0 Å². The standard InChI is InChI=1S/C5H7NO/c1-6-2-4-7-5-3-6/h2-5H,1H3. The van der Waals surface area contributed by atoms with E-state index in [1.165, 1.54) is 0 Å². The average molecular weight is 97.1 g/mol. The Morgan fingerprint density at radius 2 is 1.86 bits per heavy atom. The summed E-state index contributed by atoms with van der Waals surface area (Å²) in [5.74, 6) is 0. The molecule has 0 amide bonds. The first-order chi connectivity index (χ1) is 3.39. The van der Waals surface area contributed by atoms with Gasteiger partial charge >= 0.3 is 0 Å². The van der Waals surface area contributed by atoms with E-state index >= 15 is 0 Å². The molecular formula is C5H7NO. The van der Waals surface area contributed by atoms with Gasteiger partial charge in [0.15, 0.2) is 0 Å². The number of rotatable bonds is 0.